The highest BCUT2D eigenvalue weighted by Gasteiger charge is 2.42. The van der Waals surface area contributed by atoms with Crippen molar-refractivity contribution in [3.05, 3.63) is 77.0 Å². The van der Waals surface area contributed by atoms with Crippen molar-refractivity contribution in [1.82, 2.24) is 9.80 Å². The molecule has 4 rings (SSSR count). The fourth-order valence-electron chi connectivity index (χ4n) is 4.07. The molecule has 30 heavy (non-hydrogen) atoms. The number of piperidine rings is 1. The lowest BCUT2D eigenvalue weighted by molar-refractivity contribution is -0.138. The second-order valence-corrected chi connectivity index (χ2v) is 7.69. The van der Waals surface area contributed by atoms with Crippen molar-refractivity contribution in [3.8, 4) is 0 Å². The molecule has 0 spiro atoms. The summed E-state index contributed by atoms with van der Waals surface area (Å²) in [5, 5.41) is 9.57. The van der Waals surface area contributed by atoms with Crippen LogP contribution in [0, 0.1) is 17.6 Å². The van der Waals surface area contributed by atoms with E-state index >= 15 is 0 Å². The number of carbonyl (C=O) groups is 2. The van der Waals surface area contributed by atoms with Crippen molar-refractivity contribution in [2.75, 3.05) is 19.7 Å². The van der Waals surface area contributed by atoms with Crippen molar-refractivity contribution in [2.45, 2.75) is 19.4 Å². The molecular formula is C23H22F2N2O3. The van der Waals surface area contributed by atoms with Gasteiger partial charge in [0.15, 0.2) is 0 Å². The number of imide groups is 1. The Bertz CT molecular complexity index is 987. The number of aliphatic hydroxyl groups is 1. The fraction of sp³-hybridized carbons (Fsp3) is 0.304. The summed E-state index contributed by atoms with van der Waals surface area (Å²) in [5.74, 6) is -1.69. The molecule has 0 aliphatic carbocycles. The highest BCUT2D eigenvalue weighted by atomic mass is 19.1. The Kier molecular flexibility index (Phi) is 5.63. The number of benzene rings is 2. The van der Waals surface area contributed by atoms with E-state index in [4.69, 9.17) is 0 Å². The lowest BCUT2D eigenvalue weighted by Gasteiger charge is -2.34. The zero-order valence-electron chi connectivity index (χ0n) is 16.4. The summed E-state index contributed by atoms with van der Waals surface area (Å²) in [7, 11) is 0. The molecule has 0 aromatic heterocycles. The molecule has 2 aromatic rings. The standard InChI is InChI=1S/C23H22F2N2O3/c24-18-7-3-15(4-8-18)13-27-22(29)20(17-5-9-19(25)10-6-17)21(23(27)30)26-11-1-2-16(12-26)14-28/h3-10,16,28H,1-2,11-14H2. The van der Waals surface area contributed by atoms with Gasteiger partial charge in [-0.3, -0.25) is 14.5 Å². The maximum atomic E-state index is 13.4. The Labute approximate surface area is 173 Å². The van der Waals surface area contributed by atoms with Gasteiger partial charge in [0.25, 0.3) is 11.8 Å². The summed E-state index contributed by atoms with van der Waals surface area (Å²) >= 11 is 0. The van der Waals surface area contributed by atoms with Gasteiger partial charge in [0.2, 0.25) is 0 Å². The molecule has 2 aliphatic rings. The average molecular weight is 412 g/mol. The van der Waals surface area contributed by atoms with E-state index < -0.39 is 23.4 Å². The molecule has 2 aliphatic heterocycles. The summed E-state index contributed by atoms with van der Waals surface area (Å²) in [6.07, 6.45) is 1.65. The molecule has 1 atom stereocenters. The number of rotatable bonds is 5. The molecule has 1 unspecified atom stereocenters. The minimum Gasteiger partial charge on any atom is -0.396 e. The Morgan fingerprint density at radius 1 is 0.933 bits per heavy atom. The van der Waals surface area contributed by atoms with Crippen LogP contribution < -0.4 is 0 Å². The molecule has 1 saturated heterocycles. The van der Waals surface area contributed by atoms with Crippen LogP contribution in [0.15, 0.2) is 54.2 Å². The van der Waals surface area contributed by atoms with E-state index in [1.54, 1.807) is 0 Å². The number of aliphatic hydroxyl groups excluding tert-OH is 1. The largest absolute Gasteiger partial charge is 0.396 e. The SMILES string of the molecule is O=C1C(c2ccc(F)cc2)=C(N2CCCC(CO)C2)C(=O)N1Cc1ccc(F)cc1. The number of hydrogen-bond acceptors (Lipinski definition) is 4. The van der Waals surface area contributed by atoms with Crippen LogP contribution in [0.25, 0.3) is 5.57 Å². The first kappa shape index (κ1) is 20.2. The maximum absolute atomic E-state index is 13.4. The van der Waals surface area contributed by atoms with Crippen LogP contribution in [0.1, 0.15) is 24.0 Å². The van der Waals surface area contributed by atoms with E-state index in [1.807, 2.05) is 4.90 Å². The summed E-state index contributed by atoms with van der Waals surface area (Å²) < 4.78 is 26.7. The molecule has 1 N–H and O–H groups in total. The van der Waals surface area contributed by atoms with Crippen LogP contribution in [0.4, 0.5) is 8.78 Å². The van der Waals surface area contributed by atoms with Crippen LogP contribution in [0.2, 0.25) is 0 Å². The minimum absolute atomic E-state index is 0.0110. The molecule has 2 aromatic carbocycles. The Hall–Kier alpha value is -3.06. The highest BCUT2D eigenvalue weighted by Crippen LogP contribution is 2.34. The van der Waals surface area contributed by atoms with Gasteiger partial charge in [0, 0.05) is 19.7 Å². The summed E-state index contributed by atoms with van der Waals surface area (Å²) in [4.78, 5) is 29.6. The number of halogens is 2. The lowest BCUT2D eigenvalue weighted by Crippen LogP contribution is -2.40. The molecular weight excluding hydrogens is 390 g/mol. The smallest absolute Gasteiger partial charge is 0.278 e. The molecule has 1 fully saturated rings. The molecule has 0 radical (unpaired) electrons. The van der Waals surface area contributed by atoms with Gasteiger partial charge in [-0.05, 0) is 54.2 Å². The fourth-order valence-corrected chi connectivity index (χ4v) is 4.07. The van der Waals surface area contributed by atoms with Crippen molar-refractivity contribution in [2.24, 2.45) is 5.92 Å². The number of nitrogens with zero attached hydrogens (tertiary/aromatic N) is 2. The summed E-state index contributed by atoms with van der Waals surface area (Å²) in [6.45, 7) is 1.10. The lowest BCUT2D eigenvalue weighted by atomic mass is 9.97. The zero-order chi connectivity index (χ0) is 21.3. The van der Waals surface area contributed by atoms with E-state index in [-0.39, 0.29) is 30.3 Å². The highest BCUT2D eigenvalue weighted by molar-refractivity contribution is 6.35. The average Bonchev–Trinajstić information content (AvgIpc) is 3.00. The first-order chi connectivity index (χ1) is 14.5. The van der Waals surface area contributed by atoms with Gasteiger partial charge >= 0.3 is 0 Å². The molecule has 2 heterocycles. The summed E-state index contributed by atoms with van der Waals surface area (Å²) in [6, 6.07) is 11.1. The van der Waals surface area contributed by atoms with Gasteiger partial charge in [0.05, 0.1) is 12.1 Å². The molecule has 7 heteroatoms. The normalized spacial score (nSPS) is 19.8. The topological polar surface area (TPSA) is 60.9 Å². The Morgan fingerprint density at radius 2 is 1.57 bits per heavy atom. The van der Waals surface area contributed by atoms with Crippen molar-refractivity contribution >= 4 is 17.4 Å². The summed E-state index contributed by atoms with van der Waals surface area (Å²) in [5.41, 5.74) is 1.62. The van der Waals surface area contributed by atoms with E-state index in [2.05, 4.69) is 0 Å². The van der Waals surface area contributed by atoms with Crippen LogP contribution in [0.3, 0.4) is 0 Å². The first-order valence-corrected chi connectivity index (χ1v) is 9.94. The minimum atomic E-state index is -0.461. The van der Waals surface area contributed by atoms with E-state index in [0.29, 0.717) is 24.2 Å². The third-order valence-electron chi connectivity index (χ3n) is 5.62. The van der Waals surface area contributed by atoms with Gasteiger partial charge in [0.1, 0.15) is 17.3 Å². The van der Waals surface area contributed by atoms with Gasteiger partial charge in [-0.2, -0.15) is 0 Å². The quantitative estimate of drug-likeness (QED) is 0.768. The second-order valence-electron chi connectivity index (χ2n) is 7.69. The third kappa shape index (κ3) is 3.85. The van der Waals surface area contributed by atoms with E-state index in [1.165, 1.54) is 48.5 Å². The van der Waals surface area contributed by atoms with Crippen LogP contribution in [0.5, 0.6) is 0 Å². The van der Waals surface area contributed by atoms with Crippen LogP contribution in [-0.2, 0) is 16.1 Å². The maximum Gasteiger partial charge on any atom is 0.278 e. The van der Waals surface area contributed by atoms with E-state index in [9.17, 15) is 23.5 Å². The molecule has 0 saturated carbocycles. The number of hydrogen-bond donors (Lipinski definition) is 1. The van der Waals surface area contributed by atoms with Gasteiger partial charge in [-0.1, -0.05) is 24.3 Å². The monoisotopic (exact) mass is 412 g/mol. The molecule has 5 nitrogen and oxygen atoms in total. The van der Waals surface area contributed by atoms with Crippen molar-refractivity contribution in [1.29, 1.82) is 0 Å². The van der Waals surface area contributed by atoms with E-state index in [0.717, 1.165) is 17.7 Å². The number of likely N-dealkylation sites (tertiary alicyclic amines) is 1. The third-order valence-corrected chi connectivity index (χ3v) is 5.62. The molecule has 156 valence electrons. The van der Waals surface area contributed by atoms with Crippen molar-refractivity contribution < 1.29 is 23.5 Å². The first-order valence-electron chi connectivity index (χ1n) is 9.94. The second kappa shape index (κ2) is 8.36. The van der Waals surface area contributed by atoms with Crippen molar-refractivity contribution in [3.63, 3.8) is 0 Å². The number of amides is 2. The predicted octanol–water partition coefficient (Wildman–Crippen LogP) is 2.95. The molecule has 2 amide bonds. The predicted molar refractivity (Wildman–Crippen MR) is 107 cm³/mol. The van der Waals surface area contributed by atoms with Gasteiger partial charge in [-0.15, -0.1) is 0 Å². The Balaban J connectivity index is 1.72. The Morgan fingerprint density at radius 3 is 2.20 bits per heavy atom. The zero-order valence-corrected chi connectivity index (χ0v) is 16.4. The molecule has 0 bridgehead atoms. The van der Waals surface area contributed by atoms with Gasteiger partial charge in [-0.25, -0.2) is 8.78 Å². The van der Waals surface area contributed by atoms with Gasteiger partial charge < -0.3 is 10.0 Å². The van der Waals surface area contributed by atoms with Crippen LogP contribution in [-0.4, -0.2) is 46.4 Å². The number of carbonyl (C=O) groups excluding carboxylic acids is 2. The van der Waals surface area contributed by atoms with Crippen LogP contribution >= 0.6 is 0 Å².